The van der Waals surface area contributed by atoms with Gasteiger partial charge < -0.3 is 19.7 Å². The van der Waals surface area contributed by atoms with Crippen LogP contribution in [0.2, 0.25) is 0 Å². The Kier molecular flexibility index (Phi) is 6.64. The van der Waals surface area contributed by atoms with Crippen molar-refractivity contribution in [3.05, 3.63) is 59.9 Å². The minimum atomic E-state index is -0.719. The zero-order chi connectivity index (χ0) is 17.5. The molecule has 0 spiro atoms. The van der Waals surface area contributed by atoms with E-state index in [1.165, 1.54) is 0 Å². The molecule has 0 fully saturated rings. The van der Waals surface area contributed by atoms with Gasteiger partial charge in [-0.15, -0.1) is 0 Å². The Morgan fingerprint density at radius 2 is 2.04 bits per heavy atom. The minimum Gasteiger partial charge on any atom is -0.500 e. The molecule has 24 heavy (non-hydrogen) atoms. The number of rotatable bonds is 8. The lowest BCUT2D eigenvalue weighted by atomic mass is 9.84. The Hall–Kier alpha value is -2.04. The van der Waals surface area contributed by atoms with Gasteiger partial charge in [-0.3, -0.25) is 0 Å². The molecule has 0 saturated heterocycles. The van der Waals surface area contributed by atoms with Gasteiger partial charge in [-0.25, -0.2) is 0 Å². The summed E-state index contributed by atoms with van der Waals surface area (Å²) in [5.74, 6) is 1.96. The van der Waals surface area contributed by atoms with Gasteiger partial charge in [-0.1, -0.05) is 43.4 Å². The van der Waals surface area contributed by atoms with Crippen molar-refractivity contribution in [2.45, 2.75) is 25.9 Å². The highest BCUT2D eigenvalue weighted by atomic mass is 16.5. The van der Waals surface area contributed by atoms with Crippen LogP contribution in [0.4, 0.5) is 0 Å². The summed E-state index contributed by atoms with van der Waals surface area (Å²) in [5, 5.41) is 18.8. The van der Waals surface area contributed by atoms with Crippen LogP contribution in [0.25, 0.3) is 5.57 Å². The highest BCUT2D eigenvalue weighted by molar-refractivity contribution is 5.78. The number of allylic oxidation sites excluding steroid dienone is 3. The van der Waals surface area contributed by atoms with Crippen LogP contribution in [0.3, 0.4) is 0 Å². The van der Waals surface area contributed by atoms with E-state index in [9.17, 15) is 5.11 Å². The van der Waals surface area contributed by atoms with Crippen molar-refractivity contribution in [3.63, 3.8) is 0 Å². The molecule has 2 rings (SSSR count). The molecule has 0 aliphatic heterocycles. The van der Waals surface area contributed by atoms with Gasteiger partial charge in [0.25, 0.3) is 0 Å². The molecule has 0 bridgehead atoms. The van der Waals surface area contributed by atoms with Gasteiger partial charge in [-0.05, 0) is 30.5 Å². The second-order valence-electron chi connectivity index (χ2n) is 6.05. The van der Waals surface area contributed by atoms with Gasteiger partial charge in [0.1, 0.15) is 18.1 Å². The second kappa shape index (κ2) is 8.71. The lowest BCUT2D eigenvalue weighted by Gasteiger charge is -2.26. The van der Waals surface area contributed by atoms with Gasteiger partial charge >= 0.3 is 0 Å². The molecule has 2 N–H and O–H groups in total. The number of ether oxygens (including phenoxy) is 2. The van der Waals surface area contributed by atoms with Gasteiger partial charge in [0.05, 0.1) is 19.8 Å². The number of benzene rings is 1. The molecule has 4 nitrogen and oxygen atoms in total. The summed E-state index contributed by atoms with van der Waals surface area (Å²) >= 11 is 0. The Bertz CT molecular complexity index is 613. The van der Waals surface area contributed by atoms with Crippen LogP contribution in [0.15, 0.2) is 54.3 Å². The van der Waals surface area contributed by atoms with Crippen molar-refractivity contribution in [1.82, 2.24) is 0 Å². The highest BCUT2D eigenvalue weighted by Crippen LogP contribution is 2.37. The topological polar surface area (TPSA) is 58.9 Å². The first-order valence-corrected chi connectivity index (χ1v) is 8.19. The molecule has 2 unspecified atom stereocenters. The lowest BCUT2D eigenvalue weighted by molar-refractivity contribution is 0.0941. The van der Waals surface area contributed by atoms with Gasteiger partial charge in [0, 0.05) is 11.5 Å². The largest absolute Gasteiger partial charge is 0.500 e. The third-order valence-corrected chi connectivity index (χ3v) is 4.09. The molecule has 2 atom stereocenters. The van der Waals surface area contributed by atoms with Crippen LogP contribution in [0.5, 0.6) is 5.75 Å². The fourth-order valence-corrected chi connectivity index (χ4v) is 3.02. The molecule has 1 aliphatic carbocycles. The Morgan fingerprint density at radius 3 is 2.62 bits per heavy atom. The van der Waals surface area contributed by atoms with Crippen LogP contribution >= 0.6 is 0 Å². The van der Waals surface area contributed by atoms with E-state index in [1.54, 1.807) is 13.2 Å². The van der Waals surface area contributed by atoms with E-state index < -0.39 is 6.10 Å². The maximum Gasteiger partial charge on any atom is 0.119 e. The van der Waals surface area contributed by atoms with E-state index in [2.05, 4.69) is 19.6 Å². The third kappa shape index (κ3) is 4.49. The molecule has 1 aliphatic rings. The maximum absolute atomic E-state index is 9.73. The molecule has 130 valence electrons. The molecule has 0 aromatic heterocycles. The molecule has 1 aromatic rings. The summed E-state index contributed by atoms with van der Waals surface area (Å²) in [6.07, 6.45) is 4.36. The van der Waals surface area contributed by atoms with Crippen molar-refractivity contribution in [2.24, 2.45) is 5.92 Å². The molecule has 0 saturated carbocycles. The molecule has 0 heterocycles. The number of hydrogen-bond donors (Lipinski definition) is 2. The second-order valence-corrected chi connectivity index (χ2v) is 6.05. The maximum atomic E-state index is 9.73. The quantitative estimate of drug-likeness (QED) is 0.718. The van der Waals surface area contributed by atoms with Crippen molar-refractivity contribution in [3.8, 4) is 5.75 Å². The minimum absolute atomic E-state index is 0.225. The van der Waals surface area contributed by atoms with E-state index in [0.29, 0.717) is 13.0 Å². The van der Waals surface area contributed by atoms with Crippen molar-refractivity contribution in [1.29, 1.82) is 0 Å². The summed E-state index contributed by atoms with van der Waals surface area (Å²) in [6.45, 7) is 6.00. The molecular weight excluding hydrogens is 304 g/mol. The van der Waals surface area contributed by atoms with Gasteiger partial charge in [-0.2, -0.15) is 0 Å². The summed E-state index contributed by atoms with van der Waals surface area (Å²) in [6, 6.07) is 7.85. The first kappa shape index (κ1) is 18.3. The smallest absolute Gasteiger partial charge is 0.119 e. The normalized spacial score (nSPS) is 18.8. The Morgan fingerprint density at radius 1 is 1.33 bits per heavy atom. The zero-order valence-electron chi connectivity index (χ0n) is 14.4. The van der Waals surface area contributed by atoms with Gasteiger partial charge in [0.15, 0.2) is 0 Å². The van der Waals surface area contributed by atoms with Crippen molar-refractivity contribution in [2.75, 3.05) is 20.3 Å². The van der Waals surface area contributed by atoms with Crippen molar-refractivity contribution >= 4 is 5.57 Å². The lowest BCUT2D eigenvalue weighted by Crippen LogP contribution is -2.17. The van der Waals surface area contributed by atoms with E-state index in [1.807, 2.05) is 24.3 Å². The fraction of sp³-hybridized carbons (Fsp3) is 0.400. The Labute approximate surface area is 143 Å². The predicted molar refractivity (Wildman–Crippen MR) is 95.6 cm³/mol. The summed E-state index contributed by atoms with van der Waals surface area (Å²) in [7, 11) is 1.69. The average molecular weight is 330 g/mol. The van der Waals surface area contributed by atoms with Crippen LogP contribution in [0, 0.1) is 5.92 Å². The SMILES string of the molecule is C=CCOc1ccc(C2=C(OC)C(C)CC(CC(O)CO)=C2)cc1. The third-order valence-electron chi connectivity index (χ3n) is 4.09. The summed E-state index contributed by atoms with van der Waals surface area (Å²) < 4.78 is 11.1. The molecule has 1 aromatic carbocycles. The van der Waals surface area contributed by atoms with E-state index in [0.717, 1.165) is 34.6 Å². The van der Waals surface area contributed by atoms with Crippen LogP contribution in [-0.2, 0) is 4.74 Å². The monoisotopic (exact) mass is 330 g/mol. The standard InChI is InChI=1S/C20H26O4/c1-4-9-24-18-7-5-16(6-8-18)19-12-15(11-17(22)13-21)10-14(2)20(19)23-3/h4-8,12,14,17,21-22H,1,9-11,13H2,2-3H3. The van der Waals surface area contributed by atoms with E-state index in [4.69, 9.17) is 14.6 Å². The molecule has 0 amide bonds. The first-order chi connectivity index (χ1) is 11.6. The fourth-order valence-electron chi connectivity index (χ4n) is 3.02. The molecule has 4 heteroatoms. The van der Waals surface area contributed by atoms with E-state index >= 15 is 0 Å². The summed E-state index contributed by atoms with van der Waals surface area (Å²) in [5.41, 5.74) is 3.18. The summed E-state index contributed by atoms with van der Waals surface area (Å²) in [4.78, 5) is 0. The van der Waals surface area contributed by atoms with Crippen LogP contribution in [0.1, 0.15) is 25.3 Å². The molecule has 0 radical (unpaired) electrons. The Balaban J connectivity index is 2.30. The predicted octanol–water partition coefficient (Wildman–Crippen LogP) is 3.32. The molecular formula is C20H26O4. The number of aliphatic hydroxyl groups excluding tert-OH is 2. The van der Waals surface area contributed by atoms with Gasteiger partial charge in [0.2, 0.25) is 0 Å². The van der Waals surface area contributed by atoms with Crippen LogP contribution < -0.4 is 4.74 Å². The number of hydrogen-bond acceptors (Lipinski definition) is 4. The van der Waals surface area contributed by atoms with Crippen molar-refractivity contribution < 1.29 is 19.7 Å². The zero-order valence-corrected chi connectivity index (χ0v) is 14.4. The first-order valence-electron chi connectivity index (χ1n) is 8.19. The number of methoxy groups -OCH3 is 1. The van der Waals surface area contributed by atoms with Crippen LogP contribution in [-0.4, -0.2) is 36.6 Å². The van der Waals surface area contributed by atoms with E-state index in [-0.39, 0.29) is 12.5 Å². The average Bonchev–Trinajstić information content (AvgIpc) is 2.59. The number of aliphatic hydroxyl groups is 2. The highest BCUT2D eigenvalue weighted by Gasteiger charge is 2.23.